The molecule has 20 heavy (non-hydrogen) atoms. The van der Waals surface area contributed by atoms with E-state index in [1.807, 2.05) is 13.8 Å². The Morgan fingerprint density at radius 2 is 2.05 bits per heavy atom. The van der Waals surface area contributed by atoms with Gasteiger partial charge in [-0.05, 0) is 24.1 Å². The van der Waals surface area contributed by atoms with E-state index >= 15 is 0 Å². The van der Waals surface area contributed by atoms with Crippen molar-refractivity contribution in [3.8, 4) is 5.75 Å². The van der Waals surface area contributed by atoms with Gasteiger partial charge < -0.3 is 15.4 Å². The van der Waals surface area contributed by atoms with Gasteiger partial charge in [-0.2, -0.15) is 0 Å². The van der Waals surface area contributed by atoms with Gasteiger partial charge in [0.05, 0.1) is 0 Å². The third-order valence-corrected chi connectivity index (χ3v) is 2.89. The summed E-state index contributed by atoms with van der Waals surface area (Å²) in [6, 6.07) is 2.94. The molecule has 2 N–H and O–H groups in total. The van der Waals surface area contributed by atoms with Crippen LogP contribution in [0.2, 0.25) is 0 Å². The molecule has 0 saturated heterocycles. The second kappa shape index (κ2) is 6.65. The Labute approximate surface area is 117 Å². The average Bonchev–Trinajstić information content (AvgIpc) is 2.36. The summed E-state index contributed by atoms with van der Waals surface area (Å²) in [6.07, 6.45) is 0. The minimum atomic E-state index is -0.831. The lowest BCUT2D eigenvalue weighted by Gasteiger charge is -2.29. The van der Waals surface area contributed by atoms with E-state index in [1.165, 1.54) is 4.90 Å². The van der Waals surface area contributed by atoms with Gasteiger partial charge >= 0.3 is 0 Å². The van der Waals surface area contributed by atoms with Crippen molar-refractivity contribution in [2.45, 2.75) is 13.8 Å². The van der Waals surface area contributed by atoms with E-state index in [9.17, 15) is 13.6 Å². The second-order valence-electron chi connectivity index (χ2n) is 5.48. The number of nitrogens with zero attached hydrogens (tertiary/aromatic N) is 1. The third kappa shape index (κ3) is 4.77. The smallest absolute Gasteiger partial charge is 0.260 e. The van der Waals surface area contributed by atoms with Gasteiger partial charge in [-0.25, -0.2) is 8.78 Å². The summed E-state index contributed by atoms with van der Waals surface area (Å²) in [6.45, 7) is 4.49. The van der Waals surface area contributed by atoms with Crippen LogP contribution in [0.25, 0.3) is 0 Å². The predicted molar refractivity (Wildman–Crippen MR) is 72.3 cm³/mol. The summed E-state index contributed by atoms with van der Waals surface area (Å²) >= 11 is 0. The maximum atomic E-state index is 13.3. The Kier molecular flexibility index (Phi) is 5.44. The van der Waals surface area contributed by atoms with E-state index in [0.29, 0.717) is 19.2 Å². The van der Waals surface area contributed by atoms with Crippen molar-refractivity contribution in [3.63, 3.8) is 0 Å². The van der Waals surface area contributed by atoms with E-state index in [1.54, 1.807) is 7.05 Å². The summed E-state index contributed by atoms with van der Waals surface area (Å²) in [5.41, 5.74) is 5.40. The first kappa shape index (κ1) is 16.4. The van der Waals surface area contributed by atoms with Crippen LogP contribution < -0.4 is 10.5 Å². The van der Waals surface area contributed by atoms with Crippen LogP contribution in [0, 0.1) is 17.0 Å². The zero-order valence-corrected chi connectivity index (χ0v) is 12.0. The summed E-state index contributed by atoms with van der Waals surface area (Å²) in [4.78, 5) is 13.3. The lowest BCUT2D eigenvalue weighted by atomic mass is 9.93. The minimum absolute atomic E-state index is 0.147. The van der Waals surface area contributed by atoms with Crippen molar-refractivity contribution in [1.82, 2.24) is 4.90 Å². The number of carbonyl (C=O) groups excluding carboxylic acids is 1. The van der Waals surface area contributed by atoms with Gasteiger partial charge in [0.15, 0.2) is 18.2 Å². The van der Waals surface area contributed by atoms with E-state index < -0.39 is 11.6 Å². The standard InChI is InChI=1S/C14H20F2N2O2/c1-14(2,8-17)9-18(3)13(19)7-20-12-5-4-10(15)6-11(12)16/h4-6H,7-9,17H2,1-3H3. The highest BCUT2D eigenvalue weighted by molar-refractivity contribution is 5.77. The molecule has 4 nitrogen and oxygen atoms in total. The number of halogens is 2. The molecule has 0 atom stereocenters. The number of ether oxygens (including phenoxy) is 1. The number of rotatable bonds is 6. The molecule has 0 fully saturated rings. The normalized spacial score (nSPS) is 11.3. The highest BCUT2D eigenvalue weighted by Crippen LogP contribution is 2.18. The Hall–Kier alpha value is -1.69. The highest BCUT2D eigenvalue weighted by Gasteiger charge is 2.21. The monoisotopic (exact) mass is 286 g/mol. The van der Waals surface area contributed by atoms with Crippen LogP contribution in [0.1, 0.15) is 13.8 Å². The SMILES string of the molecule is CN(CC(C)(C)CN)C(=O)COc1ccc(F)cc1F. The fourth-order valence-electron chi connectivity index (χ4n) is 1.64. The van der Waals surface area contributed by atoms with Crippen molar-refractivity contribution in [1.29, 1.82) is 0 Å². The molecule has 0 saturated carbocycles. The topological polar surface area (TPSA) is 55.6 Å². The number of hydrogen-bond donors (Lipinski definition) is 1. The van der Waals surface area contributed by atoms with Gasteiger partial charge in [0, 0.05) is 19.7 Å². The first-order chi connectivity index (χ1) is 9.25. The zero-order valence-electron chi connectivity index (χ0n) is 12.0. The first-order valence-electron chi connectivity index (χ1n) is 6.27. The molecule has 0 aromatic heterocycles. The molecule has 0 spiro atoms. The molecule has 0 bridgehead atoms. The van der Waals surface area contributed by atoms with Gasteiger partial charge in [-0.3, -0.25) is 4.79 Å². The van der Waals surface area contributed by atoms with Crippen LogP contribution in [0.15, 0.2) is 18.2 Å². The lowest BCUT2D eigenvalue weighted by Crippen LogP contribution is -2.41. The Bertz CT molecular complexity index is 478. The molecule has 1 rings (SSSR count). The molecule has 0 unspecified atom stereocenters. The summed E-state index contributed by atoms with van der Waals surface area (Å²) in [5, 5.41) is 0. The number of amides is 1. The van der Waals surface area contributed by atoms with Crippen LogP contribution in [-0.2, 0) is 4.79 Å². The van der Waals surface area contributed by atoms with E-state index in [4.69, 9.17) is 10.5 Å². The lowest BCUT2D eigenvalue weighted by molar-refractivity contribution is -0.133. The maximum absolute atomic E-state index is 13.3. The van der Waals surface area contributed by atoms with E-state index in [-0.39, 0.29) is 23.7 Å². The fourth-order valence-corrected chi connectivity index (χ4v) is 1.64. The van der Waals surface area contributed by atoms with Crippen molar-refractivity contribution < 1.29 is 18.3 Å². The number of carbonyl (C=O) groups is 1. The van der Waals surface area contributed by atoms with Crippen molar-refractivity contribution >= 4 is 5.91 Å². The number of nitrogens with two attached hydrogens (primary N) is 1. The third-order valence-electron chi connectivity index (χ3n) is 2.89. The van der Waals surface area contributed by atoms with E-state index in [2.05, 4.69) is 0 Å². The minimum Gasteiger partial charge on any atom is -0.481 e. The Morgan fingerprint density at radius 1 is 1.40 bits per heavy atom. The van der Waals surface area contributed by atoms with Crippen molar-refractivity contribution in [3.05, 3.63) is 29.8 Å². The molecular formula is C14H20F2N2O2. The second-order valence-corrected chi connectivity index (χ2v) is 5.48. The molecule has 1 aromatic carbocycles. The first-order valence-corrected chi connectivity index (χ1v) is 6.27. The molecule has 0 radical (unpaired) electrons. The summed E-state index contributed by atoms with van der Waals surface area (Å²) in [5.74, 6) is -1.97. The van der Waals surface area contributed by atoms with Crippen molar-refractivity contribution in [2.75, 3.05) is 26.7 Å². The van der Waals surface area contributed by atoms with Crippen LogP contribution in [-0.4, -0.2) is 37.6 Å². The molecule has 1 aromatic rings. The largest absolute Gasteiger partial charge is 0.481 e. The predicted octanol–water partition coefficient (Wildman–Crippen LogP) is 1.79. The van der Waals surface area contributed by atoms with Gasteiger partial charge in [-0.15, -0.1) is 0 Å². The number of likely N-dealkylation sites (N-methyl/N-ethyl adjacent to an activating group) is 1. The molecule has 6 heteroatoms. The molecule has 0 aliphatic heterocycles. The highest BCUT2D eigenvalue weighted by atomic mass is 19.1. The summed E-state index contributed by atoms with van der Waals surface area (Å²) < 4.78 is 31.1. The molecule has 0 aliphatic carbocycles. The van der Waals surface area contributed by atoms with Gasteiger partial charge in [0.2, 0.25) is 0 Å². The van der Waals surface area contributed by atoms with E-state index in [0.717, 1.165) is 12.1 Å². The average molecular weight is 286 g/mol. The Balaban J connectivity index is 2.54. The number of hydrogen-bond acceptors (Lipinski definition) is 3. The van der Waals surface area contributed by atoms with Crippen LogP contribution in [0.3, 0.4) is 0 Å². The quantitative estimate of drug-likeness (QED) is 0.867. The van der Waals surface area contributed by atoms with Crippen LogP contribution >= 0.6 is 0 Å². The molecular weight excluding hydrogens is 266 g/mol. The molecule has 112 valence electrons. The summed E-state index contributed by atoms with van der Waals surface area (Å²) in [7, 11) is 1.63. The van der Waals surface area contributed by atoms with Crippen molar-refractivity contribution in [2.24, 2.45) is 11.1 Å². The van der Waals surface area contributed by atoms with Crippen LogP contribution in [0.5, 0.6) is 5.75 Å². The molecule has 0 aliphatic rings. The Morgan fingerprint density at radius 3 is 2.60 bits per heavy atom. The van der Waals surface area contributed by atoms with Crippen LogP contribution in [0.4, 0.5) is 8.78 Å². The molecule has 0 heterocycles. The van der Waals surface area contributed by atoms with Gasteiger partial charge in [-0.1, -0.05) is 13.8 Å². The van der Waals surface area contributed by atoms with Gasteiger partial charge in [0.1, 0.15) is 5.82 Å². The maximum Gasteiger partial charge on any atom is 0.260 e. The van der Waals surface area contributed by atoms with Gasteiger partial charge in [0.25, 0.3) is 5.91 Å². The molecule has 1 amide bonds. The fraction of sp³-hybridized carbons (Fsp3) is 0.500. The number of benzene rings is 1. The zero-order chi connectivity index (χ0) is 15.3.